The molecule has 5 heteroatoms. The second-order valence-electron chi connectivity index (χ2n) is 4.48. The molecule has 1 N–H and O–H groups in total. The van der Waals surface area contributed by atoms with E-state index in [9.17, 15) is 4.79 Å². The van der Waals surface area contributed by atoms with Crippen LogP contribution in [0, 0.1) is 0 Å². The second-order valence-corrected chi connectivity index (χ2v) is 5.39. The SMILES string of the molecule is CC(=O)Nc1ccc(-n2cnc3ccc(Br)cc32)cc1. The molecule has 100 valence electrons. The molecule has 4 nitrogen and oxygen atoms in total. The molecule has 1 heterocycles. The second kappa shape index (κ2) is 5.09. The molecule has 2 aromatic carbocycles. The van der Waals surface area contributed by atoms with Gasteiger partial charge < -0.3 is 5.32 Å². The number of benzene rings is 2. The van der Waals surface area contributed by atoms with Crippen molar-refractivity contribution < 1.29 is 4.79 Å². The van der Waals surface area contributed by atoms with Crippen LogP contribution in [0.25, 0.3) is 16.7 Å². The van der Waals surface area contributed by atoms with Crippen LogP contribution < -0.4 is 5.32 Å². The highest BCUT2D eigenvalue weighted by Crippen LogP contribution is 2.22. The van der Waals surface area contributed by atoms with Crippen LogP contribution in [0.2, 0.25) is 0 Å². The predicted octanol–water partition coefficient (Wildman–Crippen LogP) is 3.75. The number of amides is 1. The summed E-state index contributed by atoms with van der Waals surface area (Å²) in [5, 5.41) is 2.75. The van der Waals surface area contributed by atoms with Gasteiger partial charge in [-0.3, -0.25) is 9.36 Å². The number of carbonyl (C=O) groups excluding carboxylic acids is 1. The van der Waals surface area contributed by atoms with Crippen molar-refractivity contribution in [2.45, 2.75) is 6.92 Å². The van der Waals surface area contributed by atoms with E-state index in [0.717, 1.165) is 26.9 Å². The van der Waals surface area contributed by atoms with Crippen molar-refractivity contribution in [3.8, 4) is 5.69 Å². The minimum Gasteiger partial charge on any atom is -0.326 e. The number of hydrogen-bond donors (Lipinski definition) is 1. The van der Waals surface area contributed by atoms with Crippen LogP contribution in [-0.2, 0) is 4.79 Å². The minimum absolute atomic E-state index is 0.0743. The monoisotopic (exact) mass is 329 g/mol. The lowest BCUT2D eigenvalue weighted by molar-refractivity contribution is -0.114. The van der Waals surface area contributed by atoms with Gasteiger partial charge in [-0.05, 0) is 42.5 Å². The maximum Gasteiger partial charge on any atom is 0.221 e. The van der Waals surface area contributed by atoms with Gasteiger partial charge in [0.2, 0.25) is 5.91 Å². The number of aromatic nitrogens is 2. The topological polar surface area (TPSA) is 46.9 Å². The van der Waals surface area contributed by atoms with E-state index in [1.807, 2.05) is 47.0 Å². The van der Waals surface area contributed by atoms with Crippen LogP contribution in [0.3, 0.4) is 0 Å². The zero-order chi connectivity index (χ0) is 14.1. The first-order chi connectivity index (χ1) is 9.63. The number of imidazole rings is 1. The Morgan fingerprint density at radius 2 is 1.95 bits per heavy atom. The molecule has 20 heavy (non-hydrogen) atoms. The van der Waals surface area contributed by atoms with Crippen LogP contribution in [0.4, 0.5) is 5.69 Å². The lowest BCUT2D eigenvalue weighted by Crippen LogP contribution is -2.05. The fraction of sp³-hybridized carbons (Fsp3) is 0.0667. The summed E-state index contributed by atoms with van der Waals surface area (Å²) in [6.45, 7) is 1.49. The highest BCUT2D eigenvalue weighted by molar-refractivity contribution is 9.10. The summed E-state index contributed by atoms with van der Waals surface area (Å²) in [5.74, 6) is -0.0743. The normalized spacial score (nSPS) is 10.7. The van der Waals surface area contributed by atoms with Crippen molar-refractivity contribution in [3.05, 3.63) is 53.3 Å². The fourth-order valence-corrected chi connectivity index (χ4v) is 2.44. The molecule has 1 amide bonds. The fourth-order valence-electron chi connectivity index (χ4n) is 2.10. The average molecular weight is 330 g/mol. The van der Waals surface area contributed by atoms with Crippen molar-refractivity contribution >= 4 is 38.6 Å². The zero-order valence-corrected chi connectivity index (χ0v) is 12.4. The first-order valence-corrected chi connectivity index (χ1v) is 6.93. The van der Waals surface area contributed by atoms with Gasteiger partial charge in [0, 0.05) is 22.8 Å². The van der Waals surface area contributed by atoms with Gasteiger partial charge in [0.05, 0.1) is 11.0 Å². The molecule has 0 aliphatic carbocycles. The quantitative estimate of drug-likeness (QED) is 0.778. The third-order valence-electron chi connectivity index (χ3n) is 2.98. The van der Waals surface area contributed by atoms with E-state index >= 15 is 0 Å². The van der Waals surface area contributed by atoms with Gasteiger partial charge in [-0.1, -0.05) is 15.9 Å². The van der Waals surface area contributed by atoms with Crippen molar-refractivity contribution in [3.63, 3.8) is 0 Å². The Kier molecular flexibility index (Phi) is 3.28. The van der Waals surface area contributed by atoms with E-state index < -0.39 is 0 Å². The smallest absolute Gasteiger partial charge is 0.221 e. The third-order valence-corrected chi connectivity index (χ3v) is 3.47. The maximum absolute atomic E-state index is 11.0. The Morgan fingerprint density at radius 1 is 1.20 bits per heavy atom. The van der Waals surface area contributed by atoms with E-state index in [2.05, 4.69) is 26.2 Å². The van der Waals surface area contributed by atoms with E-state index in [0.29, 0.717) is 0 Å². The van der Waals surface area contributed by atoms with E-state index in [1.54, 1.807) is 6.33 Å². The third kappa shape index (κ3) is 2.44. The molecule has 0 atom stereocenters. The van der Waals surface area contributed by atoms with Gasteiger partial charge in [0.15, 0.2) is 0 Å². The van der Waals surface area contributed by atoms with E-state index in [1.165, 1.54) is 6.92 Å². The number of anilines is 1. The highest BCUT2D eigenvalue weighted by atomic mass is 79.9. The highest BCUT2D eigenvalue weighted by Gasteiger charge is 2.05. The summed E-state index contributed by atoms with van der Waals surface area (Å²) in [7, 11) is 0. The van der Waals surface area contributed by atoms with Crippen molar-refractivity contribution in [1.82, 2.24) is 9.55 Å². The lowest BCUT2D eigenvalue weighted by atomic mass is 10.2. The van der Waals surface area contributed by atoms with Crippen LogP contribution in [0.1, 0.15) is 6.92 Å². The lowest BCUT2D eigenvalue weighted by Gasteiger charge is -2.06. The summed E-state index contributed by atoms with van der Waals surface area (Å²) < 4.78 is 3.03. The maximum atomic E-state index is 11.0. The minimum atomic E-state index is -0.0743. The average Bonchev–Trinajstić information content (AvgIpc) is 2.82. The number of nitrogens with zero attached hydrogens (tertiary/aromatic N) is 2. The summed E-state index contributed by atoms with van der Waals surface area (Å²) in [6, 6.07) is 13.6. The van der Waals surface area contributed by atoms with Crippen LogP contribution in [-0.4, -0.2) is 15.5 Å². The summed E-state index contributed by atoms with van der Waals surface area (Å²) >= 11 is 3.47. The molecule has 3 rings (SSSR count). The molecule has 0 unspecified atom stereocenters. The first-order valence-electron chi connectivity index (χ1n) is 6.14. The van der Waals surface area contributed by atoms with Crippen molar-refractivity contribution in [2.75, 3.05) is 5.32 Å². The predicted molar refractivity (Wildman–Crippen MR) is 83.1 cm³/mol. The molecule has 0 radical (unpaired) electrons. The molecule has 0 saturated heterocycles. The van der Waals surface area contributed by atoms with Crippen LogP contribution in [0.5, 0.6) is 0 Å². The largest absolute Gasteiger partial charge is 0.326 e. The summed E-state index contributed by atoms with van der Waals surface area (Å²) in [4.78, 5) is 15.4. The molecule has 0 fully saturated rings. The van der Waals surface area contributed by atoms with Gasteiger partial charge in [-0.15, -0.1) is 0 Å². The van der Waals surface area contributed by atoms with Gasteiger partial charge in [-0.2, -0.15) is 0 Å². The van der Waals surface area contributed by atoms with Crippen molar-refractivity contribution in [2.24, 2.45) is 0 Å². The number of nitrogens with one attached hydrogen (secondary N) is 1. The number of carbonyl (C=O) groups is 1. The van der Waals surface area contributed by atoms with Crippen LogP contribution >= 0.6 is 15.9 Å². The number of rotatable bonds is 2. The Hall–Kier alpha value is -2.14. The van der Waals surface area contributed by atoms with Gasteiger partial charge in [-0.25, -0.2) is 4.98 Å². The molecule has 0 bridgehead atoms. The Morgan fingerprint density at radius 3 is 2.65 bits per heavy atom. The summed E-state index contributed by atoms with van der Waals surface area (Å²) in [6.07, 6.45) is 1.80. The molecule has 0 spiro atoms. The van der Waals surface area contributed by atoms with E-state index in [4.69, 9.17) is 0 Å². The number of hydrogen-bond acceptors (Lipinski definition) is 2. The Balaban J connectivity index is 2.02. The number of fused-ring (bicyclic) bond motifs is 1. The Bertz CT molecular complexity index is 777. The first kappa shape index (κ1) is 12.9. The molecular weight excluding hydrogens is 318 g/mol. The number of halogens is 1. The van der Waals surface area contributed by atoms with Gasteiger partial charge in [0.25, 0.3) is 0 Å². The molecule has 0 saturated carbocycles. The zero-order valence-electron chi connectivity index (χ0n) is 10.8. The molecular formula is C15H12BrN3O. The molecule has 1 aromatic heterocycles. The molecule has 3 aromatic rings. The Labute approximate surface area is 124 Å². The summed E-state index contributed by atoms with van der Waals surface area (Å²) in [5.41, 5.74) is 3.76. The van der Waals surface area contributed by atoms with E-state index in [-0.39, 0.29) is 5.91 Å². The van der Waals surface area contributed by atoms with Crippen LogP contribution in [0.15, 0.2) is 53.3 Å². The van der Waals surface area contributed by atoms with Gasteiger partial charge in [0.1, 0.15) is 6.33 Å². The van der Waals surface area contributed by atoms with Crippen molar-refractivity contribution in [1.29, 1.82) is 0 Å². The molecule has 0 aliphatic heterocycles. The standard InChI is InChI=1S/C15H12BrN3O/c1-10(20)18-12-3-5-13(6-4-12)19-9-17-14-7-2-11(16)8-15(14)19/h2-9H,1H3,(H,18,20). The molecule has 0 aliphatic rings. The van der Waals surface area contributed by atoms with Gasteiger partial charge >= 0.3 is 0 Å².